The van der Waals surface area contributed by atoms with Crippen molar-refractivity contribution in [2.24, 2.45) is 0 Å². The third-order valence-corrected chi connectivity index (χ3v) is 1.46. The molecule has 0 atom stereocenters. The molecule has 0 rings (SSSR count). The Morgan fingerprint density at radius 3 is 1.20 bits per heavy atom. The molecule has 0 aromatic rings. The van der Waals surface area contributed by atoms with Crippen molar-refractivity contribution in [3.63, 3.8) is 0 Å². The van der Waals surface area contributed by atoms with Crippen molar-refractivity contribution in [2.75, 3.05) is 0 Å². The van der Waals surface area contributed by atoms with Gasteiger partial charge in [-0.25, -0.2) is 0 Å². The van der Waals surface area contributed by atoms with Crippen molar-refractivity contribution in [3.8, 4) is 0 Å². The topological polar surface area (TPSA) is 35.0 Å². The summed E-state index contributed by atoms with van der Waals surface area (Å²) in [5, 5.41) is 0. The number of rotatable bonds is 5. The molecule has 0 aromatic carbocycles. The molecule has 2 heteroatoms. The fraction of sp³-hybridized carbons (Fsp3) is 1.00. The molecule has 0 saturated carbocycles. The van der Waals surface area contributed by atoms with Crippen LogP contribution in [-0.4, -0.2) is 0 Å². The molecule has 0 amide bonds. The van der Waals surface area contributed by atoms with E-state index in [1.807, 2.05) is 0 Å². The van der Waals surface area contributed by atoms with Crippen molar-refractivity contribution >= 4 is 17.0 Å². The maximum absolute atomic E-state index is 2.26. The molecule has 0 heterocycles. The van der Waals surface area contributed by atoms with Crippen LogP contribution in [0.5, 0.6) is 0 Å². The maximum atomic E-state index is 2.26. The molecule has 0 unspecified atom stereocenters. The van der Waals surface area contributed by atoms with Crippen LogP contribution in [0, 0.1) is 0 Å². The smallest absolute Gasteiger partial charge is 0.0533 e. The van der Waals surface area contributed by atoms with Crippen LogP contribution >= 0.6 is 17.0 Å². The minimum atomic E-state index is 0. The summed E-state index contributed by atoms with van der Waals surface area (Å²) in [7, 11) is 0. The molecule has 0 radical (unpaired) electrons. The third-order valence-electron chi connectivity index (χ3n) is 1.46. The van der Waals surface area contributed by atoms with Gasteiger partial charge in [-0.05, 0) is 0 Å². The molecule has 0 spiro atoms. The Labute approximate surface area is 75.9 Å². The van der Waals surface area contributed by atoms with Crippen molar-refractivity contribution in [1.82, 2.24) is 6.15 Å². The average Bonchev–Trinajstić information content (AvgIpc) is 1.81. The fourth-order valence-electron chi connectivity index (χ4n) is 0.854. The predicted molar refractivity (Wildman–Crippen MR) is 54.4 cm³/mol. The zero-order valence-electron chi connectivity index (χ0n) is 7.36. The summed E-state index contributed by atoms with van der Waals surface area (Å²) in [6.07, 6.45) is 8.49. The highest BCUT2D eigenvalue weighted by Gasteiger charge is 1.83. The minimum absolute atomic E-state index is 0. The predicted octanol–water partition coefficient (Wildman–Crippen LogP) is 4.11. The van der Waals surface area contributed by atoms with Gasteiger partial charge in [-0.3, -0.25) is 0 Å². The highest BCUT2D eigenvalue weighted by Crippen LogP contribution is 2.03. The zero-order chi connectivity index (χ0) is 6.24. The Morgan fingerprint density at radius 2 is 1.00 bits per heavy atom. The average molecular weight is 212 g/mol. The first-order valence-corrected chi connectivity index (χ1v) is 3.91. The molecular weight excluding hydrogens is 190 g/mol. The van der Waals surface area contributed by atoms with E-state index < -0.39 is 0 Å². The van der Waals surface area contributed by atoms with Crippen LogP contribution in [-0.2, 0) is 0 Å². The Hall–Kier alpha value is 0.440. The second-order valence-corrected chi connectivity index (χ2v) is 2.41. The number of hydrogen-bond acceptors (Lipinski definition) is 1. The van der Waals surface area contributed by atoms with Crippen LogP contribution in [0.4, 0.5) is 0 Å². The summed E-state index contributed by atoms with van der Waals surface area (Å²) in [6.45, 7) is 4.51. The summed E-state index contributed by atoms with van der Waals surface area (Å²) in [5.74, 6) is 0. The molecule has 66 valence electrons. The maximum Gasteiger partial charge on any atom is -0.0533 e. The van der Waals surface area contributed by atoms with Crippen molar-refractivity contribution in [3.05, 3.63) is 0 Å². The fourth-order valence-corrected chi connectivity index (χ4v) is 0.854. The normalized spacial score (nSPS) is 7.80. The molecule has 3 N–H and O–H groups in total. The van der Waals surface area contributed by atoms with E-state index in [9.17, 15) is 0 Å². The van der Waals surface area contributed by atoms with Crippen LogP contribution in [0.15, 0.2) is 0 Å². The molecule has 0 aromatic heterocycles. The number of hydrogen-bond donors (Lipinski definition) is 1. The Morgan fingerprint density at radius 1 is 0.700 bits per heavy atom. The summed E-state index contributed by atoms with van der Waals surface area (Å²) >= 11 is 0. The Bertz CT molecular complexity index is 34.2. The van der Waals surface area contributed by atoms with Gasteiger partial charge < -0.3 is 6.15 Å². The number of halogens is 1. The number of unbranched alkanes of at least 4 members (excludes halogenated alkanes) is 5. The van der Waals surface area contributed by atoms with E-state index in [4.69, 9.17) is 0 Å². The summed E-state index contributed by atoms with van der Waals surface area (Å²) in [6, 6.07) is 0. The molecule has 0 aliphatic rings. The first-order chi connectivity index (χ1) is 3.91. The summed E-state index contributed by atoms with van der Waals surface area (Å²) < 4.78 is 0. The van der Waals surface area contributed by atoms with E-state index in [-0.39, 0.29) is 23.1 Å². The molecule has 10 heavy (non-hydrogen) atoms. The van der Waals surface area contributed by atoms with Crippen LogP contribution in [0.1, 0.15) is 52.4 Å². The van der Waals surface area contributed by atoms with E-state index >= 15 is 0 Å². The summed E-state index contributed by atoms with van der Waals surface area (Å²) in [5.41, 5.74) is 0. The molecule has 0 saturated heterocycles. The van der Waals surface area contributed by atoms with Gasteiger partial charge in [0.05, 0.1) is 0 Å². The van der Waals surface area contributed by atoms with Gasteiger partial charge in [0.1, 0.15) is 0 Å². The lowest BCUT2D eigenvalue weighted by Gasteiger charge is -1.93. The lowest BCUT2D eigenvalue weighted by atomic mass is 10.1. The Kier molecular flexibility index (Phi) is 27.3. The van der Waals surface area contributed by atoms with E-state index in [1.54, 1.807) is 0 Å². The van der Waals surface area contributed by atoms with Gasteiger partial charge in [0.2, 0.25) is 0 Å². The van der Waals surface area contributed by atoms with E-state index in [1.165, 1.54) is 38.5 Å². The van der Waals surface area contributed by atoms with Gasteiger partial charge in [-0.1, -0.05) is 52.4 Å². The van der Waals surface area contributed by atoms with E-state index in [2.05, 4.69) is 13.8 Å². The molecule has 0 bridgehead atoms. The standard InChI is InChI=1S/C8H18.BrH.H3N/c1-3-5-7-8-6-4-2;;/h3-8H2,1-2H3;1H;1H3. The van der Waals surface area contributed by atoms with Crippen LogP contribution in [0.2, 0.25) is 0 Å². The second-order valence-electron chi connectivity index (χ2n) is 2.41. The molecule has 0 aliphatic heterocycles. The lowest BCUT2D eigenvalue weighted by molar-refractivity contribution is 0.624. The minimum Gasteiger partial charge on any atom is -0.344 e. The first-order valence-electron chi connectivity index (χ1n) is 3.91. The molecule has 0 fully saturated rings. The van der Waals surface area contributed by atoms with Crippen LogP contribution < -0.4 is 6.15 Å². The van der Waals surface area contributed by atoms with Crippen molar-refractivity contribution < 1.29 is 0 Å². The highest BCUT2D eigenvalue weighted by molar-refractivity contribution is 8.93. The van der Waals surface area contributed by atoms with Crippen molar-refractivity contribution in [1.29, 1.82) is 0 Å². The summed E-state index contributed by atoms with van der Waals surface area (Å²) in [4.78, 5) is 0. The van der Waals surface area contributed by atoms with Crippen molar-refractivity contribution in [2.45, 2.75) is 52.4 Å². The van der Waals surface area contributed by atoms with E-state index in [0.717, 1.165) is 0 Å². The van der Waals surface area contributed by atoms with Gasteiger partial charge in [-0.15, -0.1) is 17.0 Å². The van der Waals surface area contributed by atoms with E-state index in [0.29, 0.717) is 0 Å². The molecule has 0 aliphatic carbocycles. The van der Waals surface area contributed by atoms with Gasteiger partial charge in [0.25, 0.3) is 0 Å². The van der Waals surface area contributed by atoms with Crippen LogP contribution in [0.3, 0.4) is 0 Å². The molecular formula is C8H22BrN. The monoisotopic (exact) mass is 211 g/mol. The lowest BCUT2D eigenvalue weighted by Crippen LogP contribution is -1.73. The second kappa shape index (κ2) is 16.2. The van der Waals surface area contributed by atoms with Gasteiger partial charge in [0.15, 0.2) is 0 Å². The third kappa shape index (κ3) is 15.8. The molecule has 1 nitrogen and oxygen atoms in total. The first kappa shape index (κ1) is 16.8. The quantitative estimate of drug-likeness (QED) is 0.684. The zero-order valence-corrected chi connectivity index (χ0v) is 9.07. The van der Waals surface area contributed by atoms with Crippen LogP contribution in [0.25, 0.3) is 0 Å². The van der Waals surface area contributed by atoms with Gasteiger partial charge in [0, 0.05) is 0 Å². The van der Waals surface area contributed by atoms with Gasteiger partial charge >= 0.3 is 0 Å². The SMILES string of the molecule is Br.CCCCCCCC.N. The largest absolute Gasteiger partial charge is 0.344 e. The Balaban J connectivity index is -0.000000245. The highest BCUT2D eigenvalue weighted by atomic mass is 79.9. The van der Waals surface area contributed by atoms with Gasteiger partial charge in [-0.2, -0.15) is 0 Å².